The number of aromatic nitrogens is 5. The lowest BCUT2D eigenvalue weighted by atomic mass is 9.94. The first-order valence-electron chi connectivity index (χ1n) is 13.7. The number of nitrogens with two attached hydrogens (primary N) is 1. The maximum Gasteiger partial charge on any atom is 0.248 e. The molecule has 0 unspecified atom stereocenters. The molecular formula is C28H34ClN9O2. The number of ether oxygens (including phenoxy) is 2. The fourth-order valence-corrected chi connectivity index (χ4v) is 6.12. The maximum absolute atomic E-state index is 6.76. The molecule has 1 aliphatic carbocycles. The smallest absolute Gasteiger partial charge is 0.248 e. The number of benzene rings is 2. The molecule has 1 saturated heterocycles. The summed E-state index contributed by atoms with van der Waals surface area (Å²) in [5.74, 6) is 2.10. The van der Waals surface area contributed by atoms with Crippen LogP contribution in [0.2, 0.25) is 5.02 Å². The van der Waals surface area contributed by atoms with E-state index >= 15 is 0 Å². The predicted octanol–water partition coefficient (Wildman–Crippen LogP) is 4.66. The molecule has 1 aliphatic heterocycles. The van der Waals surface area contributed by atoms with Crippen LogP contribution in [0.5, 0.6) is 11.5 Å². The maximum atomic E-state index is 6.76. The monoisotopic (exact) mass is 563 g/mol. The average Bonchev–Trinajstić information content (AvgIpc) is 3.35. The molecule has 3 N–H and O–H groups in total. The van der Waals surface area contributed by atoms with E-state index in [1.165, 1.54) is 43.1 Å². The molecule has 2 aromatic heterocycles. The summed E-state index contributed by atoms with van der Waals surface area (Å²) in [6.45, 7) is 4.13. The average molecular weight is 564 g/mol. The van der Waals surface area contributed by atoms with Crippen LogP contribution in [0.25, 0.3) is 16.7 Å². The van der Waals surface area contributed by atoms with E-state index in [9.17, 15) is 0 Å². The van der Waals surface area contributed by atoms with Gasteiger partial charge >= 0.3 is 0 Å². The molecule has 1 saturated carbocycles. The minimum Gasteiger partial charge on any atom is -0.493 e. The molecule has 3 heterocycles. The molecule has 0 radical (unpaired) electrons. The molecule has 2 fully saturated rings. The van der Waals surface area contributed by atoms with Crippen LogP contribution < -0.4 is 25.4 Å². The standard InChI is InChI=1S/C28H34ClN9O2/c1-39-24-15-20-22(16-25(24)40-2)31-17-32-26(20)38-27(30)34-28(35-38)33-18-8-9-23(21(29)14-18)37-12-10-36(11-13-37)19-6-4-3-5-7-19/h8-9,14-17,19H,3-7,10-13H2,1-2H3,(H3,30,33,34,35). The van der Waals surface area contributed by atoms with Crippen molar-refractivity contribution in [3.63, 3.8) is 0 Å². The van der Waals surface area contributed by atoms with Gasteiger partial charge in [-0.15, -0.1) is 5.10 Å². The molecule has 0 atom stereocenters. The van der Waals surface area contributed by atoms with Gasteiger partial charge in [0, 0.05) is 49.4 Å². The van der Waals surface area contributed by atoms with Gasteiger partial charge in [0.25, 0.3) is 0 Å². The van der Waals surface area contributed by atoms with Crippen LogP contribution in [0.1, 0.15) is 32.1 Å². The molecule has 4 aromatic rings. The van der Waals surface area contributed by atoms with Crippen molar-refractivity contribution in [1.82, 2.24) is 29.6 Å². The number of hydrogen-bond donors (Lipinski definition) is 2. The third kappa shape index (κ3) is 5.18. The molecule has 0 amide bonds. The molecule has 11 nitrogen and oxygen atoms in total. The topological polar surface area (TPSA) is 119 Å². The molecule has 6 rings (SSSR count). The van der Waals surface area contributed by atoms with Gasteiger partial charge in [0.15, 0.2) is 17.3 Å². The van der Waals surface area contributed by atoms with Crippen LogP contribution in [-0.2, 0) is 0 Å². The van der Waals surface area contributed by atoms with Crippen LogP contribution in [-0.4, -0.2) is 76.1 Å². The highest BCUT2D eigenvalue weighted by molar-refractivity contribution is 6.33. The van der Waals surface area contributed by atoms with E-state index in [-0.39, 0.29) is 5.95 Å². The molecule has 2 aliphatic rings. The van der Waals surface area contributed by atoms with Gasteiger partial charge in [0.2, 0.25) is 11.9 Å². The first-order chi connectivity index (χ1) is 19.5. The number of nitrogens with zero attached hydrogens (tertiary/aromatic N) is 7. The van der Waals surface area contributed by atoms with E-state index in [0.717, 1.165) is 43.6 Å². The molecule has 0 spiro atoms. The van der Waals surface area contributed by atoms with E-state index in [2.05, 4.69) is 41.2 Å². The SMILES string of the molecule is COc1cc2ncnc(-n3nc(Nc4ccc(N5CCN(C6CCCCC6)CC5)c(Cl)c4)nc3N)c2cc1OC. The Hall–Kier alpha value is -3.83. The van der Waals surface area contributed by atoms with Crippen molar-refractivity contribution in [3.8, 4) is 17.3 Å². The van der Waals surface area contributed by atoms with E-state index in [1.807, 2.05) is 12.1 Å². The Balaban J connectivity index is 1.18. The lowest BCUT2D eigenvalue weighted by Crippen LogP contribution is -2.50. The molecule has 40 heavy (non-hydrogen) atoms. The second-order valence-electron chi connectivity index (χ2n) is 10.2. The summed E-state index contributed by atoms with van der Waals surface area (Å²) in [6.07, 6.45) is 8.24. The van der Waals surface area contributed by atoms with Gasteiger partial charge in [0.1, 0.15) is 6.33 Å². The fourth-order valence-electron chi connectivity index (χ4n) is 5.82. The Morgan fingerprint density at radius 3 is 2.42 bits per heavy atom. The molecule has 2 aromatic carbocycles. The number of anilines is 4. The lowest BCUT2D eigenvalue weighted by molar-refractivity contribution is 0.148. The van der Waals surface area contributed by atoms with Gasteiger partial charge in [-0.2, -0.15) is 9.67 Å². The highest BCUT2D eigenvalue weighted by Crippen LogP contribution is 2.34. The molecular weight excluding hydrogens is 530 g/mol. The normalized spacial score (nSPS) is 16.8. The number of nitrogen functional groups attached to an aromatic ring is 1. The highest BCUT2D eigenvalue weighted by Gasteiger charge is 2.26. The predicted molar refractivity (Wildman–Crippen MR) is 157 cm³/mol. The second kappa shape index (κ2) is 11.3. The van der Waals surface area contributed by atoms with Crippen LogP contribution in [0, 0.1) is 0 Å². The number of halogens is 1. The Morgan fingerprint density at radius 1 is 0.950 bits per heavy atom. The van der Waals surface area contributed by atoms with Crippen molar-refractivity contribution in [2.45, 2.75) is 38.1 Å². The van der Waals surface area contributed by atoms with Gasteiger partial charge in [-0.1, -0.05) is 30.9 Å². The van der Waals surface area contributed by atoms with Gasteiger partial charge in [-0.25, -0.2) is 9.97 Å². The quantitative estimate of drug-likeness (QED) is 0.328. The third-order valence-electron chi connectivity index (χ3n) is 7.90. The number of fused-ring (bicyclic) bond motifs is 1. The van der Waals surface area contributed by atoms with Crippen LogP contribution in [0.3, 0.4) is 0 Å². The Bertz CT molecular complexity index is 1500. The third-order valence-corrected chi connectivity index (χ3v) is 8.21. The number of piperazine rings is 1. The van der Waals surface area contributed by atoms with E-state index in [0.29, 0.717) is 39.2 Å². The van der Waals surface area contributed by atoms with Crippen LogP contribution >= 0.6 is 11.6 Å². The first-order valence-corrected chi connectivity index (χ1v) is 14.1. The van der Waals surface area contributed by atoms with Gasteiger partial charge in [-0.3, -0.25) is 4.90 Å². The molecule has 210 valence electrons. The van der Waals surface area contributed by atoms with E-state index in [1.54, 1.807) is 26.4 Å². The van der Waals surface area contributed by atoms with Gasteiger partial charge in [-0.05, 0) is 37.1 Å². The second-order valence-corrected chi connectivity index (χ2v) is 10.6. The minimum atomic E-state index is 0.177. The van der Waals surface area contributed by atoms with Gasteiger partial charge in [0.05, 0.1) is 30.4 Å². The zero-order chi connectivity index (χ0) is 27.6. The van der Waals surface area contributed by atoms with E-state index in [4.69, 9.17) is 26.8 Å². The highest BCUT2D eigenvalue weighted by atomic mass is 35.5. The summed E-state index contributed by atoms with van der Waals surface area (Å²) in [7, 11) is 3.16. The Labute approximate surface area is 238 Å². The summed E-state index contributed by atoms with van der Waals surface area (Å²) in [5.41, 5.74) is 8.73. The first kappa shape index (κ1) is 26.4. The van der Waals surface area contributed by atoms with Crippen molar-refractivity contribution in [2.24, 2.45) is 0 Å². The summed E-state index contributed by atoms with van der Waals surface area (Å²) in [5, 5.41) is 9.17. The summed E-state index contributed by atoms with van der Waals surface area (Å²) < 4.78 is 12.3. The van der Waals surface area contributed by atoms with Crippen molar-refractivity contribution in [3.05, 3.63) is 41.7 Å². The molecule has 12 heteroatoms. The largest absolute Gasteiger partial charge is 0.493 e. The Kier molecular flexibility index (Phi) is 7.48. The molecule has 0 bridgehead atoms. The van der Waals surface area contributed by atoms with Crippen LogP contribution in [0.15, 0.2) is 36.7 Å². The van der Waals surface area contributed by atoms with Gasteiger partial charge < -0.3 is 25.4 Å². The fraction of sp³-hybridized carbons (Fsp3) is 0.429. The van der Waals surface area contributed by atoms with Crippen LogP contribution in [0.4, 0.5) is 23.3 Å². The van der Waals surface area contributed by atoms with Crippen molar-refractivity contribution < 1.29 is 9.47 Å². The van der Waals surface area contributed by atoms with Crippen molar-refractivity contribution >= 4 is 45.8 Å². The summed E-state index contributed by atoms with van der Waals surface area (Å²) in [4.78, 5) is 18.2. The summed E-state index contributed by atoms with van der Waals surface area (Å²) in [6, 6.07) is 10.3. The minimum absolute atomic E-state index is 0.177. The van der Waals surface area contributed by atoms with Crippen molar-refractivity contribution in [1.29, 1.82) is 0 Å². The Morgan fingerprint density at radius 2 is 1.70 bits per heavy atom. The van der Waals surface area contributed by atoms with E-state index < -0.39 is 0 Å². The number of hydrogen-bond acceptors (Lipinski definition) is 10. The lowest BCUT2D eigenvalue weighted by Gasteiger charge is -2.41. The van der Waals surface area contributed by atoms with Crippen molar-refractivity contribution in [2.75, 3.05) is 56.3 Å². The number of nitrogens with one attached hydrogen (secondary N) is 1. The summed E-state index contributed by atoms with van der Waals surface area (Å²) >= 11 is 6.76. The number of rotatable bonds is 7. The zero-order valence-corrected chi connectivity index (χ0v) is 23.6. The zero-order valence-electron chi connectivity index (χ0n) is 22.8. The number of methoxy groups -OCH3 is 2.